The zero-order valence-electron chi connectivity index (χ0n) is 11.5. The highest BCUT2D eigenvalue weighted by atomic mass is 79.9. The zero-order valence-corrected chi connectivity index (χ0v) is 14.6. The van der Waals surface area contributed by atoms with Gasteiger partial charge < -0.3 is 10.2 Å². The van der Waals surface area contributed by atoms with Crippen LogP contribution in [0, 0.1) is 0 Å². The minimum absolute atomic E-state index is 0.542. The van der Waals surface area contributed by atoms with Crippen molar-refractivity contribution in [3.05, 3.63) is 32.7 Å². The molecule has 0 aromatic heterocycles. The number of hydrogen-bond acceptors (Lipinski definition) is 2. The van der Waals surface area contributed by atoms with Crippen molar-refractivity contribution < 1.29 is 0 Å². The lowest BCUT2D eigenvalue weighted by molar-refractivity contribution is 0.209. The van der Waals surface area contributed by atoms with Crippen LogP contribution in [0.25, 0.3) is 0 Å². The molecule has 1 aliphatic heterocycles. The second kappa shape index (κ2) is 7.77. The lowest BCUT2D eigenvalue weighted by Crippen LogP contribution is -2.41. The van der Waals surface area contributed by atoms with E-state index >= 15 is 0 Å². The Morgan fingerprint density at radius 1 is 1.16 bits per heavy atom. The number of nitrogens with one attached hydrogen (secondary N) is 1. The predicted molar refractivity (Wildman–Crippen MR) is 88.4 cm³/mol. The van der Waals surface area contributed by atoms with Crippen LogP contribution in [0.2, 0.25) is 0 Å². The third-order valence-electron chi connectivity index (χ3n) is 3.62. The molecule has 0 saturated carbocycles. The molecular weight excluding hydrogens is 368 g/mol. The van der Waals surface area contributed by atoms with Crippen LogP contribution in [0.3, 0.4) is 0 Å². The fraction of sp³-hybridized carbons (Fsp3) is 0.600. The summed E-state index contributed by atoms with van der Waals surface area (Å²) in [6.45, 7) is 6.92. The normalized spacial score (nSPS) is 18.5. The summed E-state index contributed by atoms with van der Waals surface area (Å²) in [6.07, 6.45) is 4.14. The number of nitrogens with zero attached hydrogens (tertiary/aromatic N) is 1. The van der Waals surface area contributed by atoms with E-state index in [9.17, 15) is 0 Å². The molecule has 4 heteroatoms. The van der Waals surface area contributed by atoms with Crippen molar-refractivity contribution >= 4 is 31.9 Å². The Hall–Kier alpha value is 0.1000. The van der Waals surface area contributed by atoms with Crippen LogP contribution in [-0.2, 0) is 6.54 Å². The molecule has 0 amide bonds. The molecule has 1 N–H and O–H groups in total. The van der Waals surface area contributed by atoms with E-state index in [1.165, 1.54) is 37.9 Å². The Morgan fingerprint density at radius 3 is 2.58 bits per heavy atom. The van der Waals surface area contributed by atoms with Gasteiger partial charge in [-0.15, -0.1) is 0 Å². The maximum absolute atomic E-state index is 3.62. The molecule has 2 nitrogen and oxygen atoms in total. The highest BCUT2D eigenvalue weighted by Gasteiger charge is 2.13. The number of halogens is 2. The Bertz CT molecular complexity index is 403. The second-order valence-corrected chi connectivity index (χ2v) is 7.10. The summed E-state index contributed by atoms with van der Waals surface area (Å²) in [4.78, 5) is 2.58. The van der Waals surface area contributed by atoms with Crippen LogP contribution in [0.5, 0.6) is 0 Å². The van der Waals surface area contributed by atoms with Gasteiger partial charge in [-0.1, -0.05) is 12.5 Å². The molecular formula is C15H22Br2N2. The summed E-state index contributed by atoms with van der Waals surface area (Å²) in [6, 6.07) is 6.97. The summed E-state index contributed by atoms with van der Waals surface area (Å²) in [7, 11) is 0. The summed E-state index contributed by atoms with van der Waals surface area (Å²) in [5.74, 6) is 0. The van der Waals surface area contributed by atoms with E-state index in [2.05, 4.69) is 67.2 Å². The first-order valence-electron chi connectivity index (χ1n) is 7.05. The minimum Gasteiger partial charge on any atom is -0.309 e. The molecule has 106 valence electrons. The van der Waals surface area contributed by atoms with Crippen LogP contribution in [0.15, 0.2) is 27.1 Å². The van der Waals surface area contributed by atoms with E-state index < -0.39 is 0 Å². The van der Waals surface area contributed by atoms with Crippen molar-refractivity contribution in [2.75, 3.05) is 19.6 Å². The van der Waals surface area contributed by atoms with Crippen LogP contribution < -0.4 is 5.32 Å². The quantitative estimate of drug-likeness (QED) is 0.812. The molecule has 1 atom stereocenters. The fourth-order valence-corrected chi connectivity index (χ4v) is 3.21. The summed E-state index contributed by atoms with van der Waals surface area (Å²) >= 11 is 7.05. The number of likely N-dealkylation sites (tertiary alicyclic amines) is 1. The summed E-state index contributed by atoms with van der Waals surface area (Å²) < 4.78 is 2.23. The van der Waals surface area contributed by atoms with Crippen molar-refractivity contribution in [1.82, 2.24) is 10.2 Å². The molecule has 1 unspecified atom stereocenters. The first-order valence-corrected chi connectivity index (χ1v) is 8.63. The van der Waals surface area contributed by atoms with E-state index in [0.29, 0.717) is 6.04 Å². The van der Waals surface area contributed by atoms with Crippen molar-refractivity contribution in [1.29, 1.82) is 0 Å². The van der Waals surface area contributed by atoms with Crippen LogP contribution in [0.1, 0.15) is 31.7 Å². The van der Waals surface area contributed by atoms with E-state index in [-0.39, 0.29) is 0 Å². The standard InChI is InChI=1S/C15H22Br2N2/c1-12(11-19-7-3-2-4-8-19)18-10-13-5-6-14(16)15(17)9-13/h5-6,9,12,18H,2-4,7-8,10-11H2,1H3. The summed E-state index contributed by atoms with van der Waals surface area (Å²) in [5, 5.41) is 3.62. The van der Waals surface area contributed by atoms with Crippen molar-refractivity contribution in [3.8, 4) is 0 Å². The summed E-state index contributed by atoms with van der Waals surface area (Å²) in [5.41, 5.74) is 1.32. The van der Waals surface area contributed by atoms with Crippen molar-refractivity contribution in [2.45, 2.75) is 38.8 Å². The molecule has 1 fully saturated rings. The average Bonchev–Trinajstić information content (AvgIpc) is 2.41. The topological polar surface area (TPSA) is 15.3 Å². The van der Waals surface area contributed by atoms with Gasteiger partial charge >= 0.3 is 0 Å². The minimum atomic E-state index is 0.542. The maximum Gasteiger partial charge on any atom is 0.0320 e. The van der Waals surface area contributed by atoms with E-state index in [1.54, 1.807) is 0 Å². The Kier molecular flexibility index (Phi) is 6.33. The molecule has 1 aromatic carbocycles. The van der Waals surface area contributed by atoms with Crippen molar-refractivity contribution in [3.63, 3.8) is 0 Å². The van der Waals surface area contributed by atoms with Crippen LogP contribution in [-0.4, -0.2) is 30.6 Å². The third-order valence-corrected chi connectivity index (χ3v) is 5.50. The smallest absolute Gasteiger partial charge is 0.0320 e. The average molecular weight is 390 g/mol. The molecule has 19 heavy (non-hydrogen) atoms. The van der Waals surface area contributed by atoms with Gasteiger partial charge in [0.05, 0.1) is 0 Å². The van der Waals surface area contributed by atoms with Gasteiger partial charge in [-0.3, -0.25) is 0 Å². The van der Waals surface area contributed by atoms with Gasteiger partial charge in [0.25, 0.3) is 0 Å². The van der Waals surface area contributed by atoms with Gasteiger partial charge in [-0.25, -0.2) is 0 Å². The highest BCUT2D eigenvalue weighted by Crippen LogP contribution is 2.23. The molecule has 1 saturated heterocycles. The number of benzene rings is 1. The lowest BCUT2D eigenvalue weighted by atomic mass is 10.1. The molecule has 1 heterocycles. The number of piperidine rings is 1. The largest absolute Gasteiger partial charge is 0.309 e. The lowest BCUT2D eigenvalue weighted by Gasteiger charge is -2.29. The molecule has 0 radical (unpaired) electrons. The molecule has 0 bridgehead atoms. The Balaban J connectivity index is 1.75. The first-order chi connectivity index (χ1) is 9.15. The predicted octanol–water partition coefficient (Wildman–Crippen LogP) is 4.18. The molecule has 2 rings (SSSR count). The van der Waals surface area contributed by atoms with Crippen LogP contribution in [0.4, 0.5) is 0 Å². The van der Waals surface area contributed by atoms with Gasteiger partial charge in [0.1, 0.15) is 0 Å². The fourth-order valence-electron chi connectivity index (χ4n) is 2.54. The van der Waals surface area contributed by atoms with Gasteiger partial charge in [-0.05, 0) is 82.4 Å². The van der Waals surface area contributed by atoms with Gasteiger partial charge in [-0.2, -0.15) is 0 Å². The Morgan fingerprint density at radius 2 is 1.89 bits per heavy atom. The zero-order chi connectivity index (χ0) is 13.7. The Labute approximate surface area is 133 Å². The van der Waals surface area contributed by atoms with E-state index in [4.69, 9.17) is 0 Å². The molecule has 1 aliphatic rings. The number of rotatable bonds is 5. The molecule has 0 aliphatic carbocycles. The van der Waals surface area contributed by atoms with Gasteiger partial charge in [0, 0.05) is 28.1 Å². The molecule has 0 spiro atoms. The maximum atomic E-state index is 3.62. The second-order valence-electron chi connectivity index (χ2n) is 5.39. The monoisotopic (exact) mass is 388 g/mol. The van der Waals surface area contributed by atoms with E-state index in [0.717, 1.165) is 22.0 Å². The highest BCUT2D eigenvalue weighted by molar-refractivity contribution is 9.13. The SMILES string of the molecule is CC(CN1CCCCC1)NCc1ccc(Br)c(Br)c1. The van der Waals surface area contributed by atoms with Gasteiger partial charge in [0.15, 0.2) is 0 Å². The van der Waals surface area contributed by atoms with E-state index in [1.807, 2.05) is 0 Å². The number of hydrogen-bond donors (Lipinski definition) is 1. The van der Waals surface area contributed by atoms with Gasteiger partial charge in [0.2, 0.25) is 0 Å². The first kappa shape index (κ1) is 15.5. The third kappa shape index (κ3) is 5.18. The van der Waals surface area contributed by atoms with Crippen LogP contribution >= 0.6 is 31.9 Å². The van der Waals surface area contributed by atoms with Crippen molar-refractivity contribution in [2.24, 2.45) is 0 Å². The molecule has 1 aromatic rings.